The van der Waals surface area contributed by atoms with Gasteiger partial charge in [-0.15, -0.1) is 0 Å². The molecule has 0 saturated carbocycles. The topological polar surface area (TPSA) is 55.1 Å². The number of aryl methyl sites for hydroxylation is 1. The Morgan fingerprint density at radius 3 is 2.67 bits per heavy atom. The largest absolute Gasteiger partial charge is 0.398 e. The minimum absolute atomic E-state index is 0.0885. The first-order valence-corrected chi connectivity index (χ1v) is 6.94. The third-order valence-corrected chi connectivity index (χ3v) is 3.16. The number of anilines is 1. The van der Waals surface area contributed by atoms with Gasteiger partial charge in [0.15, 0.2) is 0 Å². The molecule has 0 fully saturated rings. The van der Waals surface area contributed by atoms with Gasteiger partial charge in [0.05, 0.1) is 0 Å². The molecule has 1 amide bonds. The fraction of sp³-hybridized carbons (Fsp3) is 0.167. The van der Waals surface area contributed by atoms with Crippen molar-refractivity contribution in [3.8, 4) is 0 Å². The number of carbonyl (C=O) groups is 1. The van der Waals surface area contributed by atoms with Crippen molar-refractivity contribution in [2.75, 3.05) is 5.32 Å². The van der Waals surface area contributed by atoms with E-state index in [1.165, 1.54) is 18.1 Å². The van der Waals surface area contributed by atoms with E-state index >= 15 is 0 Å². The van der Waals surface area contributed by atoms with E-state index in [0.29, 0.717) is 5.70 Å². The van der Waals surface area contributed by atoms with E-state index in [-0.39, 0.29) is 5.91 Å². The van der Waals surface area contributed by atoms with Crippen LogP contribution in [-0.2, 0) is 11.2 Å². The summed E-state index contributed by atoms with van der Waals surface area (Å²) in [6.07, 6.45) is 2.79. The number of hydrogen-bond donors (Lipinski definition) is 2. The number of rotatable bonds is 4. The molecule has 3 heteroatoms. The Morgan fingerprint density at radius 1 is 1.19 bits per heavy atom. The number of nitrogens with one attached hydrogen (secondary N) is 1. The number of carbonyl (C=O) groups excluding carboxylic acids is 1. The summed E-state index contributed by atoms with van der Waals surface area (Å²) in [5.41, 5.74) is 11.0. The number of hydrogen-bond acceptors (Lipinski definition) is 2. The Kier molecular flexibility index (Phi) is 4.77. The predicted octanol–water partition coefficient (Wildman–Crippen LogP) is 3.50. The summed E-state index contributed by atoms with van der Waals surface area (Å²) in [5, 5.41) is 2.76. The second kappa shape index (κ2) is 6.75. The molecule has 0 spiro atoms. The van der Waals surface area contributed by atoms with Crippen molar-refractivity contribution < 1.29 is 4.79 Å². The van der Waals surface area contributed by atoms with E-state index in [1.807, 2.05) is 36.4 Å². The van der Waals surface area contributed by atoms with E-state index in [9.17, 15) is 4.79 Å². The highest BCUT2D eigenvalue weighted by atomic mass is 16.1. The molecule has 0 saturated heterocycles. The average Bonchev–Trinajstić information content (AvgIpc) is 2.44. The van der Waals surface area contributed by atoms with Crippen molar-refractivity contribution >= 4 is 17.3 Å². The average molecular weight is 280 g/mol. The van der Waals surface area contributed by atoms with Crippen LogP contribution in [0.1, 0.15) is 23.6 Å². The van der Waals surface area contributed by atoms with Gasteiger partial charge in [0.2, 0.25) is 5.91 Å². The molecule has 2 rings (SSSR count). The molecule has 108 valence electrons. The van der Waals surface area contributed by atoms with E-state index in [0.717, 1.165) is 17.7 Å². The van der Waals surface area contributed by atoms with Crippen LogP contribution >= 0.6 is 0 Å². The molecule has 0 aliphatic rings. The third kappa shape index (κ3) is 4.49. The minimum atomic E-state index is -0.0885. The Balaban J connectivity index is 2.13. The molecule has 0 aliphatic heterocycles. The first-order chi connectivity index (χ1) is 10.0. The maximum absolute atomic E-state index is 11.1. The summed E-state index contributed by atoms with van der Waals surface area (Å²) >= 11 is 0. The molecule has 2 aromatic rings. The van der Waals surface area contributed by atoms with Crippen LogP contribution in [0.2, 0.25) is 0 Å². The summed E-state index contributed by atoms with van der Waals surface area (Å²) in [7, 11) is 0. The van der Waals surface area contributed by atoms with Crippen molar-refractivity contribution in [1.29, 1.82) is 0 Å². The highest BCUT2D eigenvalue weighted by Crippen LogP contribution is 2.16. The second-order valence-corrected chi connectivity index (χ2v) is 5.11. The van der Waals surface area contributed by atoms with Gasteiger partial charge in [0, 0.05) is 18.3 Å². The van der Waals surface area contributed by atoms with E-state index in [1.54, 1.807) is 0 Å². The van der Waals surface area contributed by atoms with Crippen molar-refractivity contribution in [2.24, 2.45) is 5.73 Å². The highest BCUT2D eigenvalue weighted by Gasteiger charge is 2.00. The van der Waals surface area contributed by atoms with Crippen LogP contribution in [0.15, 0.2) is 54.6 Å². The van der Waals surface area contributed by atoms with Crippen LogP contribution in [0.3, 0.4) is 0 Å². The number of amides is 1. The molecule has 0 aromatic heterocycles. The van der Waals surface area contributed by atoms with Gasteiger partial charge in [-0.2, -0.15) is 0 Å². The lowest BCUT2D eigenvalue weighted by Gasteiger charge is -2.06. The van der Waals surface area contributed by atoms with Crippen LogP contribution < -0.4 is 11.1 Å². The van der Waals surface area contributed by atoms with Crippen LogP contribution in [0.4, 0.5) is 5.69 Å². The summed E-state index contributed by atoms with van der Waals surface area (Å²) in [4.78, 5) is 11.1. The van der Waals surface area contributed by atoms with E-state index in [4.69, 9.17) is 5.73 Å². The molecule has 0 heterocycles. The fourth-order valence-corrected chi connectivity index (χ4v) is 2.16. The molecule has 0 aliphatic carbocycles. The molecule has 3 N–H and O–H groups in total. The molecule has 3 nitrogen and oxygen atoms in total. The van der Waals surface area contributed by atoms with Crippen LogP contribution in [-0.4, -0.2) is 5.91 Å². The van der Waals surface area contributed by atoms with E-state index in [2.05, 4.69) is 30.4 Å². The summed E-state index contributed by atoms with van der Waals surface area (Å²) in [6, 6.07) is 15.9. The zero-order chi connectivity index (χ0) is 15.2. The van der Waals surface area contributed by atoms with Gasteiger partial charge in [-0.1, -0.05) is 48.0 Å². The van der Waals surface area contributed by atoms with Crippen molar-refractivity contribution in [3.63, 3.8) is 0 Å². The van der Waals surface area contributed by atoms with Crippen molar-refractivity contribution in [1.82, 2.24) is 0 Å². The lowest BCUT2D eigenvalue weighted by atomic mass is 10.1. The van der Waals surface area contributed by atoms with Crippen LogP contribution in [0, 0.1) is 6.92 Å². The number of allylic oxidation sites excluding steroid dienone is 1. The number of benzene rings is 2. The zero-order valence-electron chi connectivity index (χ0n) is 12.4. The molecular weight excluding hydrogens is 260 g/mol. The third-order valence-electron chi connectivity index (χ3n) is 3.16. The molecule has 0 bridgehead atoms. The Hall–Kier alpha value is -2.55. The molecule has 0 unspecified atom stereocenters. The summed E-state index contributed by atoms with van der Waals surface area (Å²) in [6.45, 7) is 3.57. The Morgan fingerprint density at radius 2 is 1.95 bits per heavy atom. The van der Waals surface area contributed by atoms with Gasteiger partial charge in [0.1, 0.15) is 0 Å². The fourth-order valence-electron chi connectivity index (χ4n) is 2.16. The first kappa shape index (κ1) is 14.9. The SMILES string of the molecule is CC(=O)Nc1cccc(/C(N)=C/Cc2cccc(C)c2)c1. The predicted molar refractivity (Wildman–Crippen MR) is 87.8 cm³/mol. The zero-order valence-corrected chi connectivity index (χ0v) is 12.4. The smallest absolute Gasteiger partial charge is 0.221 e. The minimum Gasteiger partial charge on any atom is -0.398 e. The van der Waals surface area contributed by atoms with Gasteiger partial charge >= 0.3 is 0 Å². The standard InChI is InChI=1S/C18H20N2O/c1-13-5-3-6-15(11-13)9-10-18(19)16-7-4-8-17(12-16)20-14(2)21/h3-8,10-12H,9,19H2,1-2H3,(H,20,21)/b18-10-. The van der Waals surface area contributed by atoms with Crippen molar-refractivity contribution in [2.45, 2.75) is 20.3 Å². The second-order valence-electron chi connectivity index (χ2n) is 5.11. The van der Waals surface area contributed by atoms with Crippen LogP contribution in [0.5, 0.6) is 0 Å². The summed E-state index contributed by atoms with van der Waals surface area (Å²) < 4.78 is 0. The maximum atomic E-state index is 11.1. The van der Waals surface area contributed by atoms with Gasteiger partial charge in [0.25, 0.3) is 0 Å². The van der Waals surface area contributed by atoms with Crippen LogP contribution in [0.25, 0.3) is 5.70 Å². The maximum Gasteiger partial charge on any atom is 0.221 e. The lowest BCUT2D eigenvalue weighted by Crippen LogP contribution is -2.06. The first-order valence-electron chi connectivity index (χ1n) is 6.94. The Bertz CT molecular complexity index is 674. The van der Waals surface area contributed by atoms with E-state index < -0.39 is 0 Å². The van der Waals surface area contributed by atoms with Gasteiger partial charge in [-0.25, -0.2) is 0 Å². The molecule has 2 aromatic carbocycles. The van der Waals surface area contributed by atoms with Crippen molar-refractivity contribution in [3.05, 3.63) is 71.3 Å². The lowest BCUT2D eigenvalue weighted by molar-refractivity contribution is -0.114. The summed E-state index contributed by atoms with van der Waals surface area (Å²) in [5.74, 6) is -0.0885. The normalized spacial score (nSPS) is 11.2. The van der Waals surface area contributed by atoms with Gasteiger partial charge in [-0.05, 0) is 36.6 Å². The highest BCUT2D eigenvalue weighted by molar-refractivity contribution is 5.89. The quantitative estimate of drug-likeness (QED) is 0.900. The molecule has 0 radical (unpaired) electrons. The Labute approximate surface area is 125 Å². The monoisotopic (exact) mass is 280 g/mol. The van der Waals surface area contributed by atoms with Gasteiger partial charge < -0.3 is 11.1 Å². The molecule has 21 heavy (non-hydrogen) atoms. The molecule has 0 atom stereocenters. The number of nitrogens with two attached hydrogens (primary N) is 1. The molecular formula is C18H20N2O. The van der Waals surface area contributed by atoms with Gasteiger partial charge in [-0.3, -0.25) is 4.79 Å².